The molecule has 3 rings (SSSR count). The molecule has 4 heteroatoms. The van der Waals surface area contributed by atoms with Gasteiger partial charge in [-0.15, -0.1) is 0 Å². The summed E-state index contributed by atoms with van der Waals surface area (Å²) in [7, 11) is 2.27. The zero-order valence-corrected chi connectivity index (χ0v) is 11.3. The van der Waals surface area contributed by atoms with Crippen molar-refractivity contribution in [2.24, 2.45) is 0 Å². The molecule has 0 unspecified atom stereocenters. The van der Waals surface area contributed by atoms with Gasteiger partial charge in [0.2, 0.25) is 0 Å². The molecule has 2 atom stereocenters. The number of rotatable bonds is 4. The monoisotopic (exact) mass is 248 g/mol. The zero-order chi connectivity index (χ0) is 12.4. The van der Waals surface area contributed by atoms with Crippen LogP contribution in [0, 0.1) is 0 Å². The second-order valence-corrected chi connectivity index (χ2v) is 5.80. The minimum absolute atomic E-state index is 0.806. The van der Waals surface area contributed by atoms with Gasteiger partial charge in [-0.25, -0.2) is 0 Å². The topological polar surface area (TPSA) is 24.3 Å². The van der Waals surface area contributed by atoms with Gasteiger partial charge in [0.15, 0.2) is 0 Å². The molecule has 2 aliphatic rings. The lowest BCUT2D eigenvalue weighted by Gasteiger charge is -2.28. The third-order valence-electron chi connectivity index (χ3n) is 4.50. The number of aryl methyl sites for hydroxylation is 1. The van der Waals surface area contributed by atoms with Gasteiger partial charge in [0.05, 0.1) is 0 Å². The molecule has 0 aromatic carbocycles. The first-order valence-corrected chi connectivity index (χ1v) is 7.24. The normalized spacial score (nSPS) is 29.6. The van der Waals surface area contributed by atoms with Crippen molar-refractivity contribution in [2.75, 3.05) is 26.7 Å². The molecule has 3 heterocycles. The largest absolute Gasteiger partial charge is 0.305 e. The van der Waals surface area contributed by atoms with Gasteiger partial charge in [-0.1, -0.05) is 0 Å². The molecule has 0 spiro atoms. The number of nitrogens with zero attached hydrogens (tertiary/aromatic N) is 4. The summed E-state index contributed by atoms with van der Waals surface area (Å²) in [5.74, 6) is 0. The average Bonchev–Trinajstić information content (AvgIpc) is 2.93. The van der Waals surface area contributed by atoms with E-state index >= 15 is 0 Å². The number of hydrogen-bond donors (Lipinski definition) is 0. The summed E-state index contributed by atoms with van der Waals surface area (Å²) < 4.78 is 2.05. The van der Waals surface area contributed by atoms with E-state index in [-0.39, 0.29) is 0 Å². The van der Waals surface area contributed by atoms with E-state index in [0.717, 1.165) is 18.6 Å². The molecule has 18 heavy (non-hydrogen) atoms. The fraction of sp³-hybridized carbons (Fsp3) is 0.786. The van der Waals surface area contributed by atoms with Crippen LogP contribution in [-0.4, -0.2) is 58.3 Å². The Labute approximate surface area is 110 Å². The Morgan fingerprint density at radius 1 is 1.17 bits per heavy atom. The maximum atomic E-state index is 4.27. The maximum absolute atomic E-state index is 4.27. The van der Waals surface area contributed by atoms with Crippen molar-refractivity contribution in [3.8, 4) is 0 Å². The van der Waals surface area contributed by atoms with E-state index in [4.69, 9.17) is 0 Å². The summed E-state index contributed by atoms with van der Waals surface area (Å²) in [6.07, 6.45) is 9.32. The summed E-state index contributed by atoms with van der Waals surface area (Å²) in [6.45, 7) is 4.83. The smallest absolute Gasteiger partial charge is 0.0489 e. The van der Waals surface area contributed by atoms with Crippen LogP contribution in [0.5, 0.6) is 0 Å². The van der Waals surface area contributed by atoms with E-state index in [1.54, 1.807) is 0 Å². The summed E-state index contributed by atoms with van der Waals surface area (Å²) in [6, 6.07) is 3.66. The SMILES string of the molecule is CN1CC[C@H]2CC[C@@H](C1)N2CCCn1cccn1. The fourth-order valence-electron chi connectivity index (χ4n) is 3.55. The van der Waals surface area contributed by atoms with E-state index in [2.05, 4.69) is 28.1 Å². The van der Waals surface area contributed by atoms with Crippen LogP contribution in [0.25, 0.3) is 0 Å². The molecule has 0 saturated carbocycles. The molecule has 2 fully saturated rings. The minimum Gasteiger partial charge on any atom is -0.305 e. The van der Waals surface area contributed by atoms with Crippen LogP contribution < -0.4 is 0 Å². The number of likely N-dealkylation sites (N-methyl/N-ethyl adjacent to an activating group) is 1. The summed E-state index contributed by atoms with van der Waals surface area (Å²) in [4.78, 5) is 5.28. The van der Waals surface area contributed by atoms with Crippen molar-refractivity contribution in [1.82, 2.24) is 19.6 Å². The highest BCUT2D eigenvalue weighted by Crippen LogP contribution is 2.29. The van der Waals surface area contributed by atoms with Crippen LogP contribution in [-0.2, 0) is 6.54 Å². The predicted molar refractivity (Wildman–Crippen MR) is 72.5 cm³/mol. The van der Waals surface area contributed by atoms with Crippen molar-refractivity contribution in [3.63, 3.8) is 0 Å². The van der Waals surface area contributed by atoms with Gasteiger partial charge < -0.3 is 4.90 Å². The van der Waals surface area contributed by atoms with E-state index in [9.17, 15) is 0 Å². The quantitative estimate of drug-likeness (QED) is 0.806. The molecule has 2 aliphatic heterocycles. The van der Waals surface area contributed by atoms with E-state index < -0.39 is 0 Å². The highest BCUT2D eigenvalue weighted by atomic mass is 15.3. The molecule has 2 bridgehead atoms. The van der Waals surface area contributed by atoms with Gasteiger partial charge in [-0.2, -0.15) is 5.10 Å². The molecule has 0 aliphatic carbocycles. The molecular weight excluding hydrogens is 224 g/mol. The molecule has 0 radical (unpaired) electrons. The van der Waals surface area contributed by atoms with E-state index in [1.807, 2.05) is 16.9 Å². The summed E-state index contributed by atoms with van der Waals surface area (Å²) >= 11 is 0. The first-order valence-electron chi connectivity index (χ1n) is 7.24. The third kappa shape index (κ3) is 2.59. The first-order chi connectivity index (χ1) is 8.83. The van der Waals surface area contributed by atoms with Crippen LogP contribution in [0.3, 0.4) is 0 Å². The van der Waals surface area contributed by atoms with Crippen LogP contribution in [0.4, 0.5) is 0 Å². The van der Waals surface area contributed by atoms with Crippen LogP contribution in [0.1, 0.15) is 25.7 Å². The highest BCUT2D eigenvalue weighted by Gasteiger charge is 2.35. The number of likely N-dealkylation sites (tertiary alicyclic amines) is 1. The number of hydrogen-bond acceptors (Lipinski definition) is 3. The maximum Gasteiger partial charge on any atom is 0.0489 e. The van der Waals surface area contributed by atoms with Crippen LogP contribution in [0.15, 0.2) is 18.5 Å². The molecule has 2 saturated heterocycles. The van der Waals surface area contributed by atoms with Crippen molar-refractivity contribution < 1.29 is 0 Å². The highest BCUT2D eigenvalue weighted by molar-refractivity contribution is 4.92. The van der Waals surface area contributed by atoms with Gasteiger partial charge in [0.25, 0.3) is 0 Å². The van der Waals surface area contributed by atoms with Gasteiger partial charge in [-0.3, -0.25) is 9.58 Å². The summed E-state index contributed by atoms with van der Waals surface area (Å²) in [5, 5.41) is 4.27. The molecule has 0 amide bonds. The average molecular weight is 248 g/mol. The zero-order valence-electron chi connectivity index (χ0n) is 11.3. The fourth-order valence-corrected chi connectivity index (χ4v) is 3.55. The second-order valence-electron chi connectivity index (χ2n) is 5.80. The van der Waals surface area contributed by atoms with E-state index in [1.165, 1.54) is 45.3 Å². The lowest BCUT2D eigenvalue weighted by Crippen LogP contribution is -2.39. The van der Waals surface area contributed by atoms with Gasteiger partial charge in [-0.05, 0) is 45.3 Å². The van der Waals surface area contributed by atoms with Crippen molar-refractivity contribution in [3.05, 3.63) is 18.5 Å². The Bertz CT molecular complexity index is 362. The number of aromatic nitrogens is 2. The van der Waals surface area contributed by atoms with Crippen molar-refractivity contribution in [2.45, 2.75) is 44.3 Å². The van der Waals surface area contributed by atoms with Gasteiger partial charge in [0.1, 0.15) is 0 Å². The Kier molecular flexibility index (Phi) is 3.66. The Hall–Kier alpha value is -0.870. The first kappa shape index (κ1) is 12.2. The lowest BCUT2D eigenvalue weighted by atomic mass is 10.1. The minimum atomic E-state index is 0.806. The predicted octanol–water partition coefficient (Wildman–Crippen LogP) is 1.44. The van der Waals surface area contributed by atoms with Crippen molar-refractivity contribution >= 4 is 0 Å². The van der Waals surface area contributed by atoms with Crippen molar-refractivity contribution in [1.29, 1.82) is 0 Å². The molecule has 0 N–H and O–H groups in total. The van der Waals surface area contributed by atoms with Crippen LogP contribution >= 0.6 is 0 Å². The third-order valence-corrected chi connectivity index (χ3v) is 4.50. The van der Waals surface area contributed by atoms with Gasteiger partial charge >= 0.3 is 0 Å². The Morgan fingerprint density at radius 2 is 2.06 bits per heavy atom. The van der Waals surface area contributed by atoms with Gasteiger partial charge in [0, 0.05) is 44.1 Å². The molecule has 1 aromatic heterocycles. The second kappa shape index (κ2) is 5.41. The molecular formula is C14H24N4. The molecule has 100 valence electrons. The Balaban J connectivity index is 1.52. The lowest BCUT2D eigenvalue weighted by molar-refractivity contribution is 0.186. The number of fused-ring (bicyclic) bond motifs is 2. The standard InChI is InChI=1S/C14H24N4/c1-16-11-6-13-4-5-14(12-16)18(13)10-3-9-17-8-2-7-15-17/h2,7-8,13-14H,3-6,9-12H2,1H3/t13-,14+/m1/s1. The summed E-state index contributed by atoms with van der Waals surface area (Å²) in [5.41, 5.74) is 0. The van der Waals surface area contributed by atoms with Crippen LogP contribution in [0.2, 0.25) is 0 Å². The molecule has 4 nitrogen and oxygen atoms in total. The molecule has 1 aromatic rings. The van der Waals surface area contributed by atoms with E-state index in [0.29, 0.717) is 0 Å². The Morgan fingerprint density at radius 3 is 2.89 bits per heavy atom.